The molecule has 3 rings (SSSR count). The Bertz CT molecular complexity index is 542. The van der Waals surface area contributed by atoms with Gasteiger partial charge in [0.2, 0.25) is 0 Å². The van der Waals surface area contributed by atoms with Crippen molar-refractivity contribution in [3.63, 3.8) is 0 Å². The van der Waals surface area contributed by atoms with Crippen molar-refractivity contribution in [2.24, 2.45) is 0 Å². The molecule has 0 bridgehead atoms. The maximum atomic E-state index is 10.3. The van der Waals surface area contributed by atoms with Gasteiger partial charge in [-0.25, -0.2) is 0 Å². The van der Waals surface area contributed by atoms with E-state index >= 15 is 0 Å². The predicted molar refractivity (Wildman–Crippen MR) is 73.2 cm³/mol. The molecule has 1 heterocycles. The van der Waals surface area contributed by atoms with Crippen molar-refractivity contribution in [3.05, 3.63) is 53.3 Å². The van der Waals surface area contributed by atoms with Crippen molar-refractivity contribution in [2.75, 3.05) is 0 Å². The van der Waals surface area contributed by atoms with Crippen molar-refractivity contribution < 1.29 is 5.11 Å². The third-order valence-electron chi connectivity index (χ3n) is 4.03. The lowest BCUT2D eigenvalue weighted by molar-refractivity contribution is 0.0471. The number of aromatic nitrogens is 1. The number of fused-ring (bicyclic) bond motifs is 1. The highest BCUT2D eigenvalue weighted by Gasteiger charge is 2.34. The Morgan fingerprint density at radius 3 is 2.17 bits per heavy atom. The van der Waals surface area contributed by atoms with Gasteiger partial charge in [0.25, 0.3) is 0 Å². The minimum atomic E-state index is -0.503. The molecule has 0 saturated carbocycles. The molecule has 1 aliphatic rings. The average molecular weight is 241 g/mol. The van der Waals surface area contributed by atoms with Crippen LogP contribution in [0.2, 0.25) is 0 Å². The first kappa shape index (κ1) is 11.5. The van der Waals surface area contributed by atoms with Crippen molar-refractivity contribution in [1.82, 2.24) is 4.57 Å². The van der Waals surface area contributed by atoms with Gasteiger partial charge < -0.3 is 9.67 Å². The van der Waals surface area contributed by atoms with E-state index < -0.39 is 5.60 Å². The second-order valence-corrected chi connectivity index (χ2v) is 5.48. The molecule has 0 unspecified atom stereocenters. The van der Waals surface area contributed by atoms with Crippen molar-refractivity contribution in [3.8, 4) is 5.69 Å². The summed E-state index contributed by atoms with van der Waals surface area (Å²) in [6.07, 6.45) is 6.73. The van der Waals surface area contributed by atoms with Gasteiger partial charge in [0.1, 0.15) is 0 Å². The van der Waals surface area contributed by atoms with Gasteiger partial charge in [-0.1, -0.05) is 24.6 Å². The fraction of sp³-hybridized carbons (Fsp3) is 0.375. The molecule has 0 aliphatic heterocycles. The van der Waals surface area contributed by atoms with Crippen LogP contribution in [-0.2, 0) is 12.8 Å². The van der Waals surface area contributed by atoms with E-state index in [1.807, 2.05) is 0 Å². The number of aryl methyl sites for hydroxylation is 1. The quantitative estimate of drug-likeness (QED) is 0.859. The van der Waals surface area contributed by atoms with E-state index in [-0.39, 0.29) is 0 Å². The van der Waals surface area contributed by atoms with Crippen molar-refractivity contribution in [2.45, 2.75) is 38.7 Å². The SMILES string of the molecule is CCC1(O)Cc2cn(-c3ccc(C)cc3)cc2C1. The summed E-state index contributed by atoms with van der Waals surface area (Å²) in [6, 6.07) is 8.53. The summed E-state index contributed by atoms with van der Waals surface area (Å²) in [5.74, 6) is 0. The van der Waals surface area contributed by atoms with Gasteiger partial charge >= 0.3 is 0 Å². The standard InChI is InChI=1S/C16H19NO/c1-3-16(18)8-13-10-17(11-14(13)9-16)15-6-4-12(2)5-7-15/h4-7,10-11,18H,3,8-9H2,1-2H3. The van der Waals surface area contributed by atoms with E-state index in [0.29, 0.717) is 0 Å². The molecule has 0 amide bonds. The van der Waals surface area contributed by atoms with E-state index in [2.05, 4.69) is 55.1 Å². The van der Waals surface area contributed by atoms with E-state index in [1.54, 1.807) is 0 Å². The molecule has 1 aromatic heterocycles. The minimum Gasteiger partial charge on any atom is -0.389 e. The molecular formula is C16H19NO. The molecule has 94 valence electrons. The van der Waals surface area contributed by atoms with E-state index in [0.717, 1.165) is 19.3 Å². The molecule has 0 saturated heterocycles. The smallest absolute Gasteiger partial charge is 0.0726 e. The highest BCUT2D eigenvalue weighted by Crippen LogP contribution is 2.33. The van der Waals surface area contributed by atoms with Crippen LogP contribution in [0.5, 0.6) is 0 Å². The van der Waals surface area contributed by atoms with Crippen LogP contribution in [0.15, 0.2) is 36.7 Å². The Balaban J connectivity index is 1.91. The third kappa shape index (κ3) is 1.87. The van der Waals surface area contributed by atoms with E-state index in [4.69, 9.17) is 0 Å². The second-order valence-electron chi connectivity index (χ2n) is 5.48. The topological polar surface area (TPSA) is 25.2 Å². The molecule has 0 fully saturated rings. The first-order chi connectivity index (χ1) is 8.59. The molecule has 0 atom stereocenters. The fourth-order valence-corrected chi connectivity index (χ4v) is 2.74. The maximum absolute atomic E-state index is 10.3. The van der Waals surface area contributed by atoms with Crippen LogP contribution in [0.3, 0.4) is 0 Å². The zero-order chi connectivity index (χ0) is 12.8. The Hall–Kier alpha value is -1.54. The highest BCUT2D eigenvalue weighted by atomic mass is 16.3. The van der Waals surface area contributed by atoms with Gasteiger partial charge in [0.15, 0.2) is 0 Å². The van der Waals surface area contributed by atoms with Crippen LogP contribution in [-0.4, -0.2) is 15.3 Å². The lowest BCUT2D eigenvalue weighted by Crippen LogP contribution is -2.28. The Morgan fingerprint density at radius 2 is 1.67 bits per heavy atom. The molecule has 2 heteroatoms. The van der Waals surface area contributed by atoms with Gasteiger partial charge in [-0.2, -0.15) is 0 Å². The Kier molecular flexibility index (Phi) is 2.56. The molecule has 2 nitrogen and oxygen atoms in total. The molecular weight excluding hydrogens is 222 g/mol. The average Bonchev–Trinajstić information content (AvgIpc) is 2.85. The summed E-state index contributed by atoms with van der Waals surface area (Å²) >= 11 is 0. The number of nitrogens with zero attached hydrogens (tertiary/aromatic N) is 1. The van der Waals surface area contributed by atoms with Crippen LogP contribution in [0, 0.1) is 6.92 Å². The first-order valence-electron chi connectivity index (χ1n) is 6.59. The normalized spacial score (nSPS) is 16.8. The summed E-state index contributed by atoms with van der Waals surface area (Å²) in [7, 11) is 0. The zero-order valence-electron chi connectivity index (χ0n) is 11.0. The Morgan fingerprint density at radius 1 is 1.11 bits per heavy atom. The molecule has 1 N–H and O–H groups in total. The fourth-order valence-electron chi connectivity index (χ4n) is 2.74. The number of hydrogen-bond donors (Lipinski definition) is 1. The highest BCUT2D eigenvalue weighted by molar-refractivity contribution is 5.41. The molecule has 1 aromatic carbocycles. The number of rotatable bonds is 2. The van der Waals surface area contributed by atoms with Gasteiger partial charge in [-0.15, -0.1) is 0 Å². The monoisotopic (exact) mass is 241 g/mol. The summed E-state index contributed by atoms with van der Waals surface area (Å²) in [4.78, 5) is 0. The van der Waals surface area contributed by atoms with Crippen molar-refractivity contribution >= 4 is 0 Å². The van der Waals surface area contributed by atoms with E-state index in [1.165, 1.54) is 22.4 Å². The van der Waals surface area contributed by atoms with Crippen LogP contribution in [0.4, 0.5) is 0 Å². The van der Waals surface area contributed by atoms with Crippen LogP contribution in [0.1, 0.15) is 30.0 Å². The summed E-state index contributed by atoms with van der Waals surface area (Å²) in [5, 5.41) is 10.3. The molecule has 18 heavy (non-hydrogen) atoms. The lowest BCUT2D eigenvalue weighted by Gasteiger charge is -2.19. The lowest BCUT2D eigenvalue weighted by atomic mass is 9.97. The Labute approximate surface area is 108 Å². The molecule has 1 aliphatic carbocycles. The summed E-state index contributed by atoms with van der Waals surface area (Å²) in [6.45, 7) is 4.15. The van der Waals surface area contributed by atoms with Crippen LogP contribution < -0.4 is 0 Å². The molecule has 2 aromatic rings. The van der Waals surface area contributed by atoms with Gasteiger partial charge in [0.05, 0.1) is 5.60 Å². The first-order valence-corrected chi connectivity index (χ1v) is 6.59. The zero-order valence-corrected chi connectivity index (χ0v) is 11.0. The van der Waals surface area contributed by atoms with E-state index in [9.17, 15) is 5.11 Å². The minimum absolute atomic E-state index is 0.503. The largest absolute Gasteiger partial charge is 0.389 e. The molecule has 0 radical (unpaired) electrons. The predicted octanol–water partition coefficient (Wildman–Crippen LogP) is 3.03. The van der Waals surface area contributed by atoms with Gasteiger partial charge in [-0.05, 0) is 36.6 Å². The summed E-state index contributed by atoms with van der Waals surface area (Å²) < 4.78 is 2.17. The number of benzene rings is 1. The maximum Gasteiger partial charge on any atom is 0.0726 e. The van der Waals surface area contributed by atoms with Gasteiger partial charge in [0, 0.05) is 30.9 Å². The summed E-state index contributed by atoms with van der Waals surface area (Å²) in [5.41, 5.74) is 4.55. The van der Waals surface area contributed by atoms with Crippen molar-refractivity contribution in [1.29, 1.82) is 0 Å². The third-order valence-corrected chi connectivity index (χ3v) is 4.03. The second kappa shape index (κ2) is 3.99. The molecule has 0 spiro atoms. The number of hydrogen-bond acceptors (Lipinski definition) is 1. The van der Waals surface area contributed by atoms with Crippen LogP contribution >= 0.6 is 0 Å². The number of aliphatic hydroxyl groups is 1. The van der Waals surface area contributed by atoms with Gasteiger partial charge in [-0.3, -0.25) is 0 Å². The van der Waals surface area contributed by atoms with Crippen LogP contribution in [0.25, 0.3) is 5.69 Å².